The van der Waals surface area contributed by atoms with E-state index >= 15 is 0 Å². The molecule has 6 unspecified atom stereocenters. The van der Waals surface area contributed by atoms with Crippen molar-refractivity contribution in [2.24, 2.45) is 0 Å². The van der Waals surface area contributed by atoms with Gasteiger partial charge in [0.1, 0.15) is 88.9 Å². The number of esters is 3. The van der Waals surface area contributed by atoms with Gasteiger partial charge in [0, 0.05) is 5.39 Å². The molecule has 0 saturated carbocycles. The highest BCUT2D eigenvalue weighted by Crippen LogP contribution is 2.33. The van der Waals surface area contributed by atoms with Gasteiger partial charge in [-0.2, -0.15) is 0 Å². The Morgan fingerprint density at radius 1 is 0.376 bits per heavy atom. The molecule has 0 aliphatic carbocycles. The quantitative estimate of drug-likeness (QED) is 0.0280. The Morgan fingerprint density at radius 3 is 1.09 bits per heavy atom. The van der Waals surface area contributed by atoms with Crippen molar-refractivity contribution in [2.75, 3.05) is 19.8 Å². The molecule has 0 heterocycles. The van der Waals surface area contributed by atoms with Gasteiger partial charge < -0.3 is 42.1 Å². The normalized spacial score (nSPS) is 11.8. The predicted octanol–water partition coefficient (Wildman–Crippen LogP) is 13.7. The smallest absolute Gasteiger partial charge is 0.349 e. The summed E-state index contributed by atoms with van der Waals surface area (Å²) in [6.45, 7) is 11.9. The highest BCUT2D eigenvalue weighted by Gasteiger charge is 2.17. The number of benzene rings is 9. The Bertz CT molecular complexity index is 4310. The Kier molecular flexibility index (Phi) is 32.2. The lowest BCUT2D eigenvalue weighted by Gasteiger charge is -2.14. The van der Waals surface area contributed by atoms with Gasteiger partial charge in [0.05, 0.1) is 14.7 Å². The van der Waals surface area contributed by atoms with Gasteiger partial charge in [0.25, 0.3) is 0 Å². The minimum atomic E-state index is -4.73. The Balaban J connectivity index is 0.000000285. The van der Waals surface area contributed by atoms with Crippen LogP contribution in [-0.2, 0) is 80.2 Å². The number of carbonyl (C=O) groups is 3. The molecule has 93 heavy (non-hydrogen) atoms. The fourth-order valence-electron chi connectivity index (χ4n) is 8.69. The van der Waals surface area contributed by atoms with Crippen LogP contribution in [0.15, 0.2) is 197 Å². The maximum Gasteiger partial charge on any atom is 0.349 e. The molecule has 0 bridgehead atoms. The Morgan fingerprint density at radius 2 is 0.699 bits per heavy atom. The maximum atomic E-state index is 12.2. The summed E-state index contributed by atoms with van der Waals surface area (Å²) in [5.41, 5.74) is 3.61. The second-order valence-electron chi connectivity index (χ2n) is 20.2. The fraction of sp³-hybridized carbons (Fsp3) is 0.227. The molecule has 0 aliphatic heterocycles. The van der Waals surface area contributed by atoms with E-state index in [9.17, 15) is 53.3 Å². The van der Waals surface area contributed by atoms with E-state index in [-0.39, 0.29) is 46.5 Å². The summed E-state index contributed by atoms with van der Waals surface area (Å²) in [6, 6.07) is 49.1. The summed E-state index contributed by atoms with van der Waals surface area (Å²) in [6.07, 6.45) is 3.12. The van der Waals surface area contributed by atoms with Gasteiger partial charge in [0.15, 0.2) is 55.2 Å². The van der Waals surface area contributed by atoms with E-state index in [1.54, 1.807) is 54.6 Å². The number of fused-ring (bicyclic) bond motifs is 3. The van der Waals surface area contributed by atoms with Crippen molar-refractivity contribution < 1.29 is 81.7 Å². The minimum Gasteiger partial charge on any atom is -0.744 e. The molecule has 0 radical (unpaired) electrons. The largest absolute Gasteiger partial charge is 0.744 e. The molecule has 18 nitrogen and oxygen atoms in total. The minimum absolute atomic E-state index is 0.00163. The molecule has 0 spiro atoms. The van der Waals surface area contributed by atoms with Gasteiger partial charge in [0.2, 0.25) is 0 Å². The lowest BCUT2D eigenvalue weighted by molar-refractivity contribution is -0.137. The average molecular weight is 1440 g/mol. The highest BCUT2D eigenvalue weighted by molar-refractivity contribution is 7.89. The van der Waals surface area contributed by atoms with Crippen LogP contribution >= 0.6 is 24.0 Å². The zero-order valence-corrected chi connectivity index (χ0v) is 59.7. The SMILES string of the molecule is CCC(C)c1ccc(OCC(=O)Oc2ccc3cc(S(=O)(=O)[O-])ccc3c2)cc1.CCC(C)c1ccc(OCC(=O)Oc2ccc3ccc(S(=O)(=O)[O-])cc3c2)cc1.CCC(C)c1ccc(OCC(=O)Oc2cccc3cccc(S(=O)(=O)[O-])c23)cc1.[PH2+]=S.[PH2+]=S.[PH2+]=S. The van der Waals surface area contributed by atoms with E-state index in [1.807, 2.05) is 84.7 Å². The first-order valence-electron chi connectivity index (χ1n) is 28.3. The number of carbonyl (C=O) groups excluding carboxylic acids is 3. The van der Waals surface area contributed by atoms with Crippen LogP contribution in [0, 0.1) is 0 Å². The fourth-order valence-corrected chi connectivity index (χ4v) is 10.4. The molecule has 27 heteroatoms. The first-order chi connectivity index (χ1) is 44.3. The van der Waals surface area contributed by atoms with E-state index in [2.05, 4.69) is 77.0 Å². The zero-order chi connectivity index (χ0) is 69.1. The molecule has 492 valence electrons. The standard InChI is InChI=1S/3C22H22O6S.3HPS/c1-3-15(2)16-4-8-19(9-5-16)27-14-22(23)28-20-10-6-18-13-21(29(24,25)26)11-7-17(18)12-20;1-3-15(2)16-4-8-19(9-5-16)27-14-22(23)28-20-10-6-17-7-11-21(29(24,25)26)13-18(17)12-20;1-3-15(2)16-10-12-18(13-11-16)27-14-21(23)28-19-8-4-6-17-7-5-9-20(22(17)19)29(24,25)26;3*1-2/h3*4-13,15H,3,14H2,1-2H3,(H,24,25,26);3*1H. The summed E-state index contributed by atoms with van der Waals surface area (Å²) in [7, 11) is -7.80. The highest BCUT2D eigenvalue weighted by atomic mass is 32.4. The van der Waals surface area contributed by atoms with Crippen LogP contribution < -0.4 is 28.4 Å². The van der Waals surface area contributed by atoms with Crippen molar-refractivity contribution in [1.29, 1.82) is 0 Å². The van der Waals surface area contributed by atoms with Crippen LogP contribution in [0.1, 0.15) is 95.2 Å². The Hall–Kier alpha value is -7.14. The van der Waals surface area contributed by atoms with Crippen LogP contribution in [0.2, 0.25) is 0 Å². The van der Waals surface area contributed by atoms with Gasteiger partial charge in [-0.1, -0.05) is 126 Å². The molecule has 0 N–H and O–H groups in total. The van der Waals surface area contributed by atoms with E-state index in [4.69, 9.17) is 28.4 Å². The molecular weight excluding hydrogens is 1370 g/mol. The third-order valence-corrected chi connectivity index (χ3v) is 16.7. The third kappa shape index (κ3) is 24.6. The number of hydrogen-bond donors (Lipinski definition) is 0. The molecule has 6 atom stereocenters. The van der Waals surface area contributed by atoms with Gasteiger partial charge in [-0.25, -0.2) is 39.6 Å². The van der Waals surface area contributed by atoms with Crippen LogP contribution in [-0.4, -0.2) is 76.6 Å². The lowest BCUT2D eigenvalue weighted by atomic mass is 9.99. The van der Waals surface area contributed by atoms with E-state index < -0.39 is 53.2 Å². The summed E-state index contributed by atoms with van der Waals surface area (Å²) in [5, 5.41) is 2.96. The molecule has 0 amide bonds. The Labute approximate surface area is 564 Å². The predicted molar refractivity (Wildman–Crippen MR) is 376 cm³/mol. The van der Waals surface area contributed by atoms with Gasteiger partial charge >= 0.3 is 17.9 Å². The average Bonchev–Trinajstić information content (AvgIpc) is 0.812. The maximum absolute atomic E-state index is 12.2. The lowest BCUT2D eigenvalue weighted by Crippen LogP contribution is -2.18. The van der Waals surface area contributed by atoms with Crippen molar-refractivity contribution in [3.8, 4) is 34.5 Å². The van der Waals surface area contributed by atoms with Gasteiger partial charge in [-0.3, -0.25) is 0 Å². The first-order valence-corrected chi connectivity index (χ1v) is 38.2. The molecule has 9 aromatic rings. The summed E-state index contributed by atoms with van der Waals surface area (Å²) in [5.74, 6) is 1.70. The molecule has 0 saturated heterocycles. The van der Waals surface area contributed by atoms with Crippen molar-refractivity contribution in [1.82, 2.24) is 0 Å². The second kappa shape index (κ2) is 38.3. The first kappa shape index (κ1) is 78.3. The molecule has 0 aliphatic rings. The molecule has 0 fully saturated rings. The summed E-state index contributed by atoms with van der Waals surface area (Å²) in [4.78, 5) is 35.3. The van der Waals surface area contributed by atoms with E-state index in [0.717, 1.165) is 24.6 Å². The zero-order valence-electron chi connectivity index (χ0n) is 51.3. The van der Waals surface area contributed by atoms with Crippen molar-refractivity contribution in [3.63, 3.8) is 0 Å². The third-order valence-electron chi connectivity index (χ3n) is 14.2. The monoisotopic (exact) mass is 1430 g/mol. The van der Waals surface area contributed by atoms with Crippen molar-refractivity contribution in [2.45, 2.75) is 93.2 Å². The van der Waals surface area contributed by atoms with E-state index in [1.165, 1.54) is 83.4 Å². The summed E-state index contributed by atoms with van der Waals surface area (Å²) >= 11 is 12.0. The molecule has 0 aromatic heterocycles. The van der Waals surface area contributed by atoms with Crippen molar-refractivity contribution >= 4 is 140 Å². The van der Waals surface area contributed by atoms with Crippen LogP contribution in [0.5, 0.6) is 34.5 Å². The summed E-state index contributed by atoms with van der Waals surface area (Å²) < 4.78 is 134. The molecule has 9 rings (SSSR count). The number of rotatable bonds is 21. The van der Waals surface area contributed by atoms with Gasteiger partial charge in [-0.15, -0.1) is 0 Å². The molecule has 9 aromatic carbocycles. The topological polar surface area (TPSA) is 278 Å². The van der Waals surface area contributed by atoms with Crippen LogP contribution in [0.25, 0.3) is 32.3 Å². The van der Waals surface area contributed by atoms with E-state index in [0.29, 0.717) is 62.3 Å². The van der Waals surface area contributed by atoms with Crippen LogP contribution in [0.3, 0.4) is 0 Å². The van der Waals surface area contributed by atoms with Gasteiger partial charge in [-0.05, 0) is 178 Å². The number of hydrogen-bond acceptors (Lipinski definition) is 21. The van der Waals surface area contributed by atoms with Crippen LogP contribution in [0.4, 0.5) is 0 Å². The molecular formula is C66H69O18P3S6. The number of ether oxygens (including phenoxy) is 6. The van der Waals surface area contributed by atoms with Crippen molar-refractivity contribution in [3.05, 3.63) is 199 Å². The second-order valence-corrected chi connectivity index (χ2v) is 24.3.